The number of sulfone groups is 2. The predicted octanol–water partition coefficient (Wildman–Crippen LogP) is 5.82. The van der Waals surface area contributed by atoms with Crippen LogP contribution in [0, 0.1) is 11.6 Å². The number of benzene rings is 2. The molecule has 0 radical (unpaired) electrons. The maximum Gasteiger partial charge on any atom is 0.189 e. The van der Waals surface area contributed by atoms with E-state index in [1.54, 1.807) is 93.5 Å². The van der Waals surface area contributed by atoms with Crippen molar-refractivity contribution in [3.8, 4) is 57.4 Å². The molecule has 0 aliphatic heterocycles. The van der Waals surface area contributed by atoms with E-state index in [4.69, 9.17) is 28.4 Å². The van der Waals surface area contributed by atoms with Gasteiger partial charge in [0.2, 0.25) is 0 Å². The van der Waals surface area contributed by atoms with Gasteiger partial charge in [0.25, 0.3) is 0 Å². The van der Waals surface area contributed by atoms with E-state index < -0.39 is 65.5 Å². The number of rotatable bonds is 20. The van der Waals surface area contributed by atoms with Gasteiger partial charge in [-0.3, -0.25) is 28.5 Å². The molecule has 0 N–H and O–H groups in total. The molecule has 8 rings (SSSR count). The SMILES string of the molecule is COc1cccc(OC)c1-n1c(CS(=O)(=O)[C@@H](C)[C@H](OC)c2ccc(F)cn2)nnc1-c1ccn(C)n1.COc1cccc(OC)c1-n1c(CS(=O)(=O)[C@H](C)[C@@H](OC)c2ccc(F)cn2)nnc1-c1ccn(C)n1. The Morgan fingerprint density at radius 2 is 0.865 bits per heavy atom. The van der Waals surface area contributed by atoms with Crippen LogP contribution in [0.4, 0.5) is 8.78 Å². The molecule has 8 aromatic rings. The largest absolute Gasteiger partial charge is 0.494 e. The quantitative estimate of drug-likeness (QED) is 0.0872. The lowest BCUT2D eigenvalue weighted by Crippen LogP contribution is -2.29. The number of pyridine rings is 2. The molecule has 2 aromatic carbocycles. The second kappa shape index (κ2) is 23.0. The van der Waals surface area contributed by atoms with Gasteiger partial charge in [0, 0.05) is 40.7 Å². The highest BCUT2D eigenvalue weighted by molar-refractivity contribution is 7.91. The Bertz CT molecular complexity index is 3150. The lowest BCUT2D eigenvalue weighted by atomic mass is 10.2. The van der Waals surface area contributed by atoms with Crippen LogP contribution in [0.2, 0.25) is 0 Å². The smallest absolute Gasteiger partial charge is 0.189 e. The predicted molar refractivity (Wildman–Crippen MR) is 265 cm³/mol. The second-order valence-corrected chi connectivity index (χ2v) is 21.2. The molecule has 6 aromatic heterocycles. The number of para-hydroxylation sites is 2. The van der Waals surface area contributed by atoms with Gasteiger partial charge in [0.1, 0.15) is 81.1 Å². The molecule has 392 valence electrons. The lowest BCUT2D eigenvalue weighted by Gasteiger charge is -2.23. The summed E-state index contributed by atoms with van der Waals surface area (Å²) in [5.41, 5.74) is 2.40. The molecule has 0 bridgehead atoms. The van der Waals surface area contributed by atoms with Crippen LogP contribution in [0.15, 0.2) is 97.6 Å². The Balaban J connectivity index is 0.000000216. The summed E-state index contributed by atoms with van der Waals surface area (Å²) in [7, 11) is 4.47. The summed E-state index contributed by atoms with van der Waals surface area (Å²) in [6, 6.07) is 19.1. The monoisotopic (exact) mass is 1060 g/mol. The van der Waals surface area contributed by atoms with Gasteiger partial charge in [-0.15, -0.1) is 20.4 Å². The highest BCUT2D eigenvalue weighted by Crippen LogP contribution is 2.39. The van der Waals surface area contributed by atoms with Crippen molar-refractivity contribution in [3.05, 3.63) is 132 Å². The van der Waals surface area contributed by atoms with E-state index in [-0.39, 0.29) is 11.6 Å². The van der Waals surface area contributed by atoms with Crippen molar-refractivity contribution in [1.29, 1.82) is 0 Å². The van der Waals surface area contributed by atoms with Crippen LogP contribution in [-0.2, 0) is 54.7 Å². The molecule has 0 spiro atoms. The summed E-state index contributed by atoms with van der Waals surface area (Å²) < 4.78 is 121. The van der Waals surface area contributed by atoms with Gasteiger partial charge in [-0.05, 0) is 74.5 Å². The van der Waals surface area contributed by atoms with Crippen LogP contribution >= 0.6 is 0 Å². The zero-order valence-corrected chi connectivity index (χ0v) is 43.6. The molecule has 26 heteroatoms. The second-order valence-electron chi connectivity index (χ2n) is 16.5. The Morgan fingerprint density at radius 1 is 0.514 bits per heavy atom. The van der Waals surface area contributed by atoms with Crippen molar-refractivity contribution >= 4 is 19.7 Å². The number of ether oxygens (including phenoxy) is 6. The zero-order chi connectivity index (χ0) is 53.5. The van der Waals surface area contributed by atoms with Crippen LogP contribution in [0.25, 0.3) is 34.4 Å². The number of methoxy groups -OCH3 is 6. The molecule has 0 aliphatic carbocycles. The average Bonchev–Trinajstić information content (AvgIpc) is 4.22. The number of hydrogen-bond acceptors (Lipinski definition) is 18. The summed E-state index contributed by atoms with van der Waals surface area (Å²) in [5, 5.41) is 23.8. The molecule has 4 atom stereocenters. The topological polar surface area (TPSA) is 246 Å². The van der Waals surface area contributed by atoms with Crippen molar-refractivity contribution in [2.24, 2.45) is 14.1 Å². The van der Waals surface area contributed by atoms with Crippen LogP contribution < -0.4 is 18.9 Å². The number of nitrogens with zero attached hydrogens (tertiary/aromatic N) is 12. The summed E-state index contributed by atoms with van der Waals surface area (Å²) in [4.78, 5) is 8.01. The van der Waals surface area contributed by atoms with Gasteiger partial charge in [-0.2, -0.15) is 10.2 Å². The normalized spacial score (nSPS) is 13.4. The standard InChI is InChI=1S/2C24H27FN6O5S/c2*1-15(23(36-5)17-10-9-16(25)13-26-17)37(32,33)14-21-27-28-24(18-11-12-30(2)29-18)31(21)22-19(34-3)7-6-8-20(22)35-4/h2*6-13,15,23H,14H2,1-5H3/t2*15-,23-/m10/s1. The van der Waals surface area contributed by atoms with E-state index in [1.165, 1.54) is 80.8 Å². The third kappa shape index (κ3) is 11.4. The third-order valence-electron chi connectivity index (χ3n) is 11.8. The Labute approximate surface area is 425 Å². The summed E-state index contributed by atoms with van der Waals surface area (Å²) in [6.45, 7) is 3.02. The summed E-state index contributed by atoms with van der Waals surface area (Å²) in [5.74, 6) is 0.518. The molecule has 0 saturated carbocycles. The molecule has 0 fully saturated rings. The minimum Gasteiger partial charge on any atom is -0.494 e. The van der Waals surface area contributed by atoms with E-state index in [0.717, 1.165) is 12.4 Å². The first-order valence-electron chi connectivity index (χ1n) is 22.4. The number of aryl methyl sites for hydroxylation is 2. The molecule has 0 aliphatic rings. The Kier molecular flexibility index (Phi) is 16.8. The highest BCUT2D eigenvalue weighted by atomic mass is 32.2. The number of aromatic nitrogens is 12. The molecule has 0 unspecified atom stereocenters. The fourth-order valence-electron chi connectivity index (χ4n) is 8.01. The Hall–Kier alpha value is -7.68. The van der Waals surface area contributed by atoms with Crippen molar-refractivity contribution in [3.63, 3.8) is 0 Å². The van der Waals surface area contributed by atoms with Crippen molar-refractivity contribution in [1.82, 2.24) is 59.1 Å². The van der Waals surface area contributed by atoms with Gasteiger partial charge < -0.3 is 28.4 Å². The molecule has 0 amide bonds. The van der Waals surface area contributed by atoms with Crippen molar-refractivity contribution in [2.75, 3.05) is 42.7 Å². The fraction of sp³-hybridized carbons (Fsp3) is 0.333. The van der Waals surface area contributed by atoms with Crippen LogP contribution in [0.3, 0.4) is 0 Å². The van der Waals surface area contributed by atoms with Crippen LogP contribution in [0.5, 0.6) is 23.0 Å². The molecule has 0 saturated heterocycles. The minimum atomic E-state index is -3.91. The molecule has 22 nitrogen and oxygen atoms in total. The van der Waals surface area contributed by atoms with Gasteiger partial charge in [0.05, 0.1) is 62.7 Å². The van der Waals surface area contributed by atoms with Crippen LogP contribution in [-0.4, -0.2) is 129 Å². The fourth-order valence-corrected chi connectivity index (χ4v) is 10.9. The Morgan fingerprint density at radius 3 is 1.14 bits per heavy atom. The highest BCUT2D eigenvalue weighted by Gasteiger charge is 2.37. The first-order valence-corrected chi connectivity index (χ1v) is 25.9. The van der Waals surface area contributed by atoms with E-state index in [9.17, 15) is 25.6 Å². The molecular weight excluding hydrogens is 1010 g/mol. The van der Waals surface area contributed by atoms with Crippen molar-refractivity contribution in [2.45, 2.75) is 48.1 Å². The molecule has 74 heavy (non-hydrogen) atoms. The maximum absolute atomic E-state index is 13.6. The summed E-state index contributed by atoms with van der Waals surface area (Å²) >= 11 is 0. The van der Waals surface area contributed by atoms with Gasteiger partial charge in [0.15, 0.2) is 43.0 Å². The van der Waals surface area contributed by atoms with E-state index >= 15 is 0 Å². The zero-order valence-electron chi connectivity index (χ0n) is 42.0. The van der Waals surface area contributed by atoms with Gasteiger partial charge in [-0.1, -0.05) is 12.1 Å². The number of halogens is 2. The molecule has 6 heterocycles. The number of hydrogen-bond donors (Lipinski definition) is 0. The first-order chi connectivity index (χ1) is 35.4. The minimum absolute atomic E-state index is 0.122. The van der Waals surface area contributed by atoms with E-state index in [0.29, 0.717) is 68.8 Å². The van der Waals surface area contributed by atoms with E-state index in [2.05, 4.69) is 40.6 Å². The maximum atomic E-state index is 13.6. The van der Waals surface area contributed by atoms with Gasteiger partial charge >= 0.3 is 0 Å². The third-order valence-corrected chi connectivity index (χ3v) is 15.9. The van der Waals surface area contributed by atoms with E-state index in [1.807, 2.05) is 0 Å². The lowest BCUT2D eigenvalue weighted by molar-refractivity contribution is 0.0985. The van der Waals surface area contributed by atoms with Crippen molar-refractivity contribution < 1.29 is 54.0 Å². The van der Waals surface area contributed by atoms with Gasteiger partial charge in [-0.25, -0.2) is 25.6 Å². The van der Waals surface area contributed by atoms with Crippen LogP contribution in [0.1, 0.15) is 49.1 Å². The summed E-state index contributed by atoms with van der Waals surface area (Å²) in [6.07, 6.45) is 3.65. The first kappa shape index (κ1) is 54.1. The molecular formula is C48H54F2N12O10S2. The average molecular weight is 1060 g/mol.